The Morgan fingerprint density at radius 3 is 2.14 bits per heavy atom. The van der Waals surface area contributed by atoms with Gasteiger partial charge in [-0.25, -0.2) is 4.57 Å². The zero-order valence-corrected chi connectivity index (χ0v) is 20.5. The minimum Gasteiger partial charge on any atom is -0.394 e. The SMILES string of the molecule is CC(=NOCc1ccc(-c2ccccc2)cc1)c1ccc(CCC(N)(CO)COP(=O)(O)O)cc1. The van der Waals surface area contributed by atoms with Crippen molar-refractivity contribution in [3.8, 4) is 11.1 Å². The van der Waals surface area contributed by atoms with Gasteiger partial charge in [-0.2, -0.15) is 0 Å². The molecule has 0 aliphatic heterocycles. The zero-order chi connectivity index (χ0) is 25.3. The van der Waals surface area contributed by atoms with Gasteiger partial charge in [-0.05, 0) is 47.6 Å². The van der Waals surface area contributed by atoms with E-state index in [4.69, 9.17) is 20.4 Å². The topological polar surface area (TPSA) is 135 Å². The summed E-state index contributed by atoms with van der Waals surface area (Å²) in [7, 11) is -4.65. The van der Waals surface area contributed by atoms with Gasteiger partial charge in [0.2, 0.25) is 0 Å². The molecule has 1 atom stereocenters. The first-order valence-electron chi connectivity index (χ1n) is 11.2. The van der Waals surface area contributed by atoms with E-state index in [1.165, 1.54) is 5.56 Å². The van der Waals surface area contributed by atoms with E-state index in [1.54, 1.807) is 0 Å². The van der Waals surface area contributed by atoms with Crippen LogP contribution in [-0.4, -0.2) is 39.4 Å². The molecular formula is C26H31N2O6P. The molecule has 0 spiro atoms. The number of nitrogens with zero attached hydrogens (tertiary/aromatic N) is 1. The number of aryl methyl sites for hydroxylation is 1. The van der Waals surface area contributed by atoms with Crippen LogP contribution in [0.25, 0.3) is 11.1 Å². The number of benzene rings is 3. The normalized spacial score (nSPS) is 13.9. The highest BCUT2D eigenvalue weighted by Crippen LogP contribution is 2.36. The molecule has 0 aromatic heterocycles. The number of aliphatic hydroxyl groups is 1. The lowest BCUT2D eigenvalue weighted by molar-refractivity contribution is 0.102. The lowest BCUT2D eigenvalue weighted by Gasteiger charge is -2.27. The van der Waals surface area contributed by atoms with Crippen LogP contribution in [0.1, 0.15) is 30.0 Å². The van der Waals surface area contributed by atoms with Crippen LogP contribution in [0.3, 0.4) is 0 Å². The van der Waals surface area contributed by atoms with E-state index < -0.39 is 26.6 Å². The number of aliphatic hydroxyl groups excluding tert-OH is 1. The van der Waals surface area contributed by atoms with Crippen molar-refractivity contribution in [2.45, 2.75) is 31.9 Å². The molecule has 35 heavy (non-hydrogen) atoms. The first-order valence-corrected chi connectivity index (χ1v) is 12.7. The molecule has 3 rings (SSSR count). The van der Waals surface area contributed by atoms with Gasteiger partial charge in [0.1, 0.15) is 6.61 Å². The Morgan fingerprint density at radius 2 is 1.54 bits per heavy atom. The highest BCUT2D eigenvalue weighted by molar-refractivity contribution is 7.46. The third-order valence-corrected chi connectivity index (χ3v) is 6.08. The average molecular weight is 499 g/mol. The quantitative estimate of drug-likeness (QED) is 0.168. The Bertz CT molecular complexity index is 1150. The zero-order valence-electron chi connectivity index (χ0n) is 19.6. The Balaban J connectivity index is 1.50. The summed E-state index contributed by atoms with van der Waals surface area (Å²) < 4.78 is 15.4. The lowest BCUT2D eigenvalue weighted by Crippen LogP contribution is -2.48. The second kappa shape index (κ2) is 12.2. The fourth-order valence-corrected chi connectivity index (χ4v) is 3.82. The number of rotatable bonds is 12. The summed E-state index contributed by atoms with van der Waals surface area (Å²) in [5, 5.41) is 13.7. The molecule has 0 amide bonds. The molecule has 3 aromatic carbocycles. The second-order valence-corrected chi connectivity index (χ2v) is 9.73. The molecule has 0 aliphatic rings. The monoisotopic (exact) mass is 498 g/mol. The van der Waals surface area contributed by atoms with Crippen molar-refractivity contribution in [3.05, 3.63) is 95.6 Å². The number of nitrogens with two attached hydrogens (primary N) is 1. The molecule has 0 saturated heterocycles. The van der Waals surface area contributed by atoms with Crippen LogP contribution >= 0.6 is 7.82 Å². The van der Waals surface area contributed by atoms with Crippen molar-refractivity contribution in [3.63, 3.8) is 0 Å². The van der Waals surface area contributed by atoms with Crippen LogP contribution in [-0.2, 0) is 27.0 Å². The summed E-state index contributed by atoms with van der Waals surface area (Å²) >= 11 is 0. The van der Waals surface area contributed by atoms with Gasteiger partial charge in [-0.15, -0.1) is 0 Å². The standard InChI is InChI=1S/C26H31N2O6P/c1-20(28-33-17-22-9-13-25(14-10-22)24-5-3-2-4-6-24)23-11-7-21(8-12-23)15-16-26(27,18-29)19-34-35(30,31)32/h2-14,29H,15-19,27H2,1H3,(H2,30,31,32). The van der Waals surface area contributed by atoms with Crippen molar-refractivity contribution in [1.29, 1.82) is 0 Å². The maximum absolute atomic E-state index is 10.9. The third kappa shape index (κ3) is 8.71. The lowest BCUT2D eigenvalue weighted by atomic mass is 9.93. The van der Waals surface area contributed by atoms with Crippen molar-refractivity contribution < 1.29 is 28.8 Å². The number of hydrogen-bond acceptors (Lipinski definition) is 6. The minimum absolute atomic E-state index is 0.294. The highest BCUT2D eigenvalue weighted by atomic mass is 31.2. The van der Waals surface area contributed by atoms with Crippen LogP contribution in [0.5, 0.6) is 0 Å². The fraction of sp³-hybridized carbons (Fsp3) is 0.269. The molecule has 186 valence electrons. The summed E-state index contributed by atoms with van der Waals surface area (Å²) in [4.78, 5) is 23.2. The maximum atomic E-state index is 10.9. The van der Waals surface area contributed by atoms with Gasteiger partial charge >= 0.3 is 7.82 Å². The van der Waals surface area contributed by atoms with Crippen LogP contribution in [0.4, 0.5) is 0 Å². The van der Waals surface area contributed by atoms with Crippen LogP contribution in [0.15, 0.2) is 84.0 Å². The van der Waals surface area contributed by atoms with Crippen LogP contribution < -0.4 is 5.73 Å². The van der Waals surface area contributed by atoms with E-state index in [0.29, 0.717) is 19.4 Å². The van der Waals surface area contributed by atoms with Gasteiger partial charge in [0.15, 0.2) is 0 Å². The molecule has 0 saturated carbocycles. The molecule has 0 radical (unpaired) electrons. The molecule has 0 bridgehead atoms. The second-order valence-electron chi connectivity index (χ2n) is 8.49. The average Bonchev–Trinajstić information content (AvgIpc) is 2.87. The van der Waals surface area contributed by atoms with E-state index in [0.717, 1.165) is 28.0 Å². The summed E-state index contributed by atoms with van der Waals surface area (Å²) in [6.07, 6.45) is 0.801. The van der Waals surface area contributed by atoms with Gasteiger partial charge in [0.05, 0.1) is 24.5 Å². The fourth-order valence-electron chi connectivity index (χ4n) is 3.40. The largest absolute Gasteiger partial charge is 0.469 e. The Kier molecular flexibility index (Phi) is 9.34. The molecule has 0 fully saturated rings. The highest BCUT2D eigenvalue weighted by Gasteiger charge is 2.28. The van der Waals surface area contributed by atoms with E-state index >= 15 is 0 Å². The third-order valence-electron chi connectivity index (χ3n) is 5.61. The van der Waals surface area contributed by atoms with Gasteiger partial charge in [0, 0.05) is 0 Å². The van der Waals surface area contributed by atoms with E-state index in [1.807, 2.05) is 61.5 Å². The summed E-state index contributed by atoms with van der Waals surface area (Å²) in [5.74, 6) is 0. The predicted molar refractivity (Wildman–Crippen MR) is 136 cm³/mol. The first kappa shape index (κ1) is 26.8. The maximum Gasteiger partial charge on any atom is 0.469 e. The molecule has 0 aliphatic carbocycles. The van der Waals surface area contributed by atoms with Gasteiger partial charge in [-0.3, -0.25) is 4.52 Å². The molecule has 8 nitrogen and oxygen atoms in total. The number of phosphoric acid groups is 1. The van der Waals surface area contributed by atoms with Crippen LogP contribution in [0, 0.1) is 0 Å². The minimum atomic E-state index is -4.65. The number of oxime groups is 1. The van der Waals surface area contributed by atoms with E-state index in [2.05, 4.69) is 33.9 Å². The molecule has 5 N–H and O–H groups in total. The van der Waals surface area contributed by atoms with Gasteiger partial charge < -0.3 is 25.5 Å². The van der Waals surface area contributed by atoms with Crippen molar-refractivity contribution in [2.24, 2.45) is 10.9 Å². The summed E-state index contributed by atoms with van der Waals surface area (Å²) in [6.45, 7) is 1.33. The predicted octanol–water partition coefficient (Wildman–Crippen LogP) is 4.03. The molecule has 9 heteroatoms. The Hall–Kier alpha value is -2.84. The van der Waals surface area contributed by atoms with Crippen molar-refractivity contribution in [1.82, 2.24) is 0 Å². The number of phosphoric ester groups is 1. The molecular weight excluding hydrogens is 467 g/mol. The summed E-state index contributed by atoms with van der Waals surface area (Å²) in [6, 6.07) is 26.0. The smallest absolute Gasteiger partial charge is 0.394 e. The van der Waals surface area contributed by atoms with Crippen molar-refractivity contribution in [2.75, 3.05) is 13.2 Å². The Morgan fingerprint density at radius 1 is 0.943 bits per heavy atom. The Labute approximate surface area is 205 Å². The van der Waals surface area contributed by atoms with Gasteiger partial charge in [-0.1, -0.05) is 84.0 Å². The molecule has 1 unspecified atom stereocenters. The first-order chi connectivity index (χ1) is 16.7. The molecule has 0 heterocycles. The van der Waals surface area contributed by atoms with Crippen molar-refractivity contribution >= 4 is 13.5 Å². The van der Waals surface area contributed by atoms with E-state index in [9.17, 15) is 9.67 Å². The van der Waals surface area contributed by atoms with Gasteiger partial charge in [0.25, 0.3) is 0 Å². The van der Waals surface area contributed by atoms with Crippen LogP contribution in [0.2, 0.25) is 0 Å². The number of hydrogen-bond donors (Lipinski definition) is 4. The molecule has 3 aromatic rings. The van der Waals surface area contributed by atoms with E-state index in [-0.39, 0.29) is 0 Å². The summed E-state index contributed by atoms with van der Waals surface area (Å²) in [5.41, 5.74) is 10.7.